The number of hydrogen-bond donors (Lipinski definition) is 0. The minimum absolute atomic E-state index is 0.179. The predicted molar refractivity (Wildman–Crippen MR) is 80.1 cm³/mol. The van der Waals surface area contributed by atoms with Crippen LogP contribution in [-0.4, -0.2) is 23.3 Å². The molecule has 2 aromatic heterocycles. The molecule has 0 radical (unpaired) electrons. The highest BCUT2D eigenvalue weighted by Gasteiger charge is 2.19. The molecule has 0 saturated heterocycles. The smallest absolute Gasteiger partial charge is 0.308 e. The average molecular weight is 316 g/mol. The van der Waals surface area contributed by atoms with Crippen LogP contribution in [0.25, 0.3) is 11.0 Å². The van der Waals surface area contributed by atoms with Gasteiger partial charge in [-0.2, -0.15) is 0 Å². The molecule has 3 aromatic rings. The van der Waals surface area contributed by atoms with E-state index in [0.29, 0.717) is 5.39 Å². The van der Waals surface area contributed by atoms with Gasteiger partial charge in [-0.15, -0.1) is 0 Å². The van der Waals surface area contributed by atoms with Gasteiger partial charge in [-0.1, -0.05) is 18.2 Å². The second-order valence-electron chi connectivity index (χ2n) is 4.61. The van der Waals surface area contributed by atoms with E-state index in [0.717, 1.165) is 3.97 Å². The van der Waals surface area contributed by atoms with Gasteiger partial charge in [0.25, 0.3) is 10.0 Å². The minimum atomic E-state index is -3.71. The Balaban J connectivity index is 2.11. The Labute approximate surface area is 127 Å². The molecule has 2 heterocycles. The topological polar surface area (TPSA) is 78.3 Å². The molecule has 0 aliphatic heterocycles. The van der Waals surface area contributed by atoms with E-state index in [9.17, 15) is 13.2 Å². The van der Waals surface area contributed by atoms with E-state index >= 15 is 0 Å². The first-order valence-corrected chi connectivity index (χ1v) is 7.88. The molecule has 0 aliphatic carbocycles. The van der Waals surface area contributed by atoms with Crippen LogP contribution in [0.3, 0.4) is 0 Å². The summed E-state index contributed by atoms with van der Waals surface area (Å²) in [5.74, 6) is -0.188. The molecule has 0 atom stereocenters. The zero-order chi connectivity index (χ0) is 15.7. The maximum absolute atomic E-state index is 12.6. The van der Waals surface area contributed by atoms with Gasteiger partial charge in [-0.25, -0.2) is 17.4 Å². The largest absolute Gasteiger partial charge is 0.425 e. The van der Waals surface area contributed by atoms with Crippen molar-refractivity contribution in [2.24, 2.45) is 0 Å². The number of carbonyl (C=O) groups is 1. The van der Waals surface area contributed by atoms with Crippen LogP contribution in [0.1, 0.15) is 6.92 Å². The molecule has 0 saturated carbocycles. The zero-order valence-electron chi connectivity index (χ0n) is 11.6. The molecule has 1 aromatic carbocycles. The van der Waals surface area contributed by atoms with Gasteiger partial charge in [0, 0.05) is 18.5 Å². The van der Waals surface area contributed by atoms with Crippen LogP contribution >= 0.6 is 0 Å². The van der Waals surface area contributed by atoms with Crippen molar-refractivity contribution in [3.05, 3.63) is 54.9 Å². The summed E-state index contributed by atoms with van der Waals surface area (Å²) in [5, 5.41) is 0.568. The van der Waals surface area contributed by atoms with Gasteiger partial charge in [0.1, 0.15) is 5.75 Å². The maximum atomic E-state index is 12.6. The summed E-state index contributed by atoms with van der Waals surface area (Å²) in [6.07, 6.45) is 2.75. The molecule has 6 nitrogen and oxygen atoms in total. The lowest BCUT2D eigenvalue weighted by molar-refractivity contribution is -0.131. The number of esters is 1. The van der Waals surface area contributed by atoms with Crippen LogP contribution in [0.4, 0.5) is 0 Å². The number of aromatic nitrogens is 2. The first-order valence-electron chi connectivity index (χ1n) is 6.44. The predicted octanol–water partition coefficient (Wildman–Crippen LogP) is 2.20. The van der Waals surface area contributed by atoms with E-state index in [1.54, 1.807) is 30.3 Å². The molecule has 112 valence electrons. The van der Waals surface area contributed by atoms with Crippen molar-refractivity contribution in [2.75, 3.05) is 0 Å². The lowest BCUT2D eigenvalue weighted by atomic mass is 10.3. The number of pyridine rings is 1. The monoisotopic (exact) mass is 316 g/mol. The summed E-state index contributed by atoms with van der Waals surface area (Å²) in [5.41, 5.74) is 0.278. The Kier molecular flexibility index (Phi) is 3.42. The van der Waals surface area contributed by atoms with Crippen LogP contribution in [0.15, 0.2) is 59.8 Å². The SMILES string of the molecule is CC(=O)Oc1cnc2c(ccn2S(=O)(=O)c2ccccc2)c1. The number of hydrogen-bond acceptors (Lipinski definition) is 5. The first-order chi connectivity index (χ1) is 10.5. The van der Waals surface area contributed by atoms with Crippen molar-refractivity contribution < 1.29 is 17.9 Å². The summed E-state index contributed by atoms with van der Waals surface area (Å²) < 4.78 is 31.3. The Bertz CT molecular complexity index is 946. The van der Waals surface area contributed by atoms with Crippen molar-refractivity contribution in [1.82, 2.24) is 8.96 Å². The second-order valence-corrected chi connectivity index (χ2v) is 6.42. The summed E-state index contributed by atoms with van der Waals surface area (Å²) in [6, 6.07) is 11.3. The van der Waals surface area contributed by atoms with Gasteiger partial charge < -0.3 is 4.74 Å². The fourth-order valence-corrected chi connectivity index (χ4v) is 3.43. The highest BCUT2D eigenvalue weighted by atomic mass is 32.2. The van der Waals surface area contributed by atoms with E-state index in [1.807, 2.05) is 0 Å². The molecule has 0 bridgehead atoms. The number of fused-ring (bicyclic) bond motifs is 1. The highest BCUT2D eigenvalue weighted by molar-refractivity contribution is 7.90. The third-order valence-electron chi connectivity index (χ3n) is 3.03. The normalized spacial score (nSPS) is 11.5. The Morgan fingerprint density at radius 1 is 1.18 bits per heavy atom. The zero-order valence-corrected chi connectivity index (χ0v) is 12.4. The van der Waals surface area contributed by atoms with E-state index in [-0.39, 0.29) is 16.3 Å². The van der Waals surface area contributed by atoms with Crippen molar-refractivity contribution in [3.8, 4) is 5.75 Å². The minimum Gasteiger partial charge on any atom is -0.425 e. The molecule has 0 amide bonds. The summed E-state index contributed by atoms with van der Waals surface area (Å²) in [7, 11) is -3.71. The van der Waals surface area contributed by atoms with Gasteiger partial charge >= 0.3 is 5.97 Å². The Hall–Kier alpha value is -2.67. The molecule has 0 spiro atoms. The van der Waals surface area contributed by atoms with Gasteiger partial charge in [-0.05, 0) is 24.3 Å². The van der Waals surface area contributed by atoms with Gasteiger partial charge in [-0.3, -0.25) is 4.79 Å². The number of nitrogens with zero attached hydrogens (tertiary/aromatic N) is 2. The van der Waals surface area contributed by atoms with E-state index in [2.05, 4.69) is 4.98 Å². The Morgan fingerprint density at radius 3 is 2.59 bits per heavy atom. The van der Waals surface area contributed by atoms with Crippen LogP contribution in [0.5, 0.6) is 5.75 Å². The molecule has 7 heteroatoms. The molecule has 3 rings (SSSR count). The fourth-order valence-electron chi connectivity index (χ4n) is 2.10. The lowest BCUT2D eigenvalue weighted by Crippen LogP contribution is -2.12. The van der Waals surface area contributed by atoms with Gasteiger partial charge in [0.15, 0.2) is 5.65 Å². The lowest BCUT2D eigenvalue weighted by Gasteiger charge is -2.07. The van der Waals surface area contributed by atoms with E-state index in [1.165, 1.54) is 31.5 Å². The van der Waals surface area contributed by atoms with E-state index < -0.39 is 16.0 Å². The second kappa shape index (κ2) is 5.27. The van der Waals surface area contributed by atoms with Crippen LogP contribution in [0.2, 0.25) is 0 Å². The quantitative estimate of drug-likeness (QED) is 0.692. The van der Waals surface area contributed by atoms with Crippen molar-refractivity contribution >= 4 is 27.0 Å². The van der Waals surface area contributed by atoms with Crippen LogP contribution < -0.4 is 4.74 Å². The summed E-state index contributed by atoms with van der Waals surface area (Å²) in [6.45, 7) is 1.29. The van der Waals surface area contributed by atoms with Gasteiger partial charge in [0.05, 0.1) is 11.1 Å². The number of rotatable bonds is 3. The number of ether oxygens (including phenoxy) is 1. The van der Waals surface area contributed by atoms with E-state index in [4.69, 9.17) is 4.74 Å². The van der Waals surface area contributed by atoms with Crippen molar-refractivity contribution in [3.63, 3.8) is 0 Å². The molecule has 0 N–H and O–H groups in total. The third kappa shape index (κ3) is 2.46. The fraction of sp³-hybridized carbons (Fsp3) is 0.0667. The van der Waals surface area contributed by atoms with Crippen LogP contribution in [0, 0.1) is 0 Å². The summed E-state index contributed by atoms with van der Waals surface area (Å²) in [4.78, 5) is 15.2. The Morgan fingerprint density at radius 2 is 1.91 bits per heavy atom. The maximum Gasteiger partial charge on any atom is 0.308 e. The molecule has 22 heavy (non-hydrogen) atoms. The molecule has 0 aliphatic rings. The number of benzene rings is 1. The highest BCUT2D eigenvalue weighted by Crippen LogP contribution is 2.23. The standard InChI is InChI=1S/C15H12N2O4S/c1-11(18)21-13-9-12-7-8-17(15(12)16-10-13)22(19,20)14-5-3-2-4-6-14/h2-10H,1H3. The van der Waals surface area contributed by atoms with Crippen molar-refractivity contribution in [1.29, 1.82) is 0 Å². The summed E-state index contributed by atoms with van der Waals surface area (Å²) >= 11 is 0. The molecular weight excluding hydrogens is 304 g/mol. The molecule has 0 unspecified atom stereocenters. The average Bonchev–Trinajstić information content (AvgIpc) is 2.91. The third-order valence-corrected chi connectivity index (χ3v) is 4.71. The van der Waals surface area contributed by atoms with Crippen molar-refractivity contribution in [2.45, 2.75) is 11.8 Å². The van der Waals surface area contributed by atoms with Crippen LogP contribution in [-0.2, 0) is 14.8 Å². The molecule has 0 fully saturated rings. The van der Waals surface area contributed by atoms with Gasteiger partial charge in [0.2, 0.25) is 0 Å². The molecular formula is C15H12N2O4S. The first kappa shape index (κ1) is 14.3. The number of carbonyl (C=O) groups excluding carboxylic acids is 1.